The topological polar surface area (TPSA) is 79.7 Å². The number of fused-ring (bicyclic) bond motifs is 1. The molecule has 140 valence electrons. The lowest BCUT2D eigenvalue weighted by molar-refractivity contribution is -0.136. The molecule has 0 bridgehead atoms. The van der Waals surface area contributed by atoms with Crippen LogP contribution < -0.4 is 0 Å². The molecule has 1 amide bonds. The van der Waals surface area contributed by atoms with Gasteiger partial charge < -0.3 is 9.47 Å². The van der Waals surface area contributed by atoms with E-state index in [2.05, 4.69) is 37.1 Å². The van der Waals surface area contributed by atoms with Crippen molar-refractivity contribution < 1.29 is 4.79 Å². The van der Waals surface area contributed by atoms with Crippen LogP contribution >= 0.6 is 0 Å². The number of amides is 1. The number of hydrogen-bond acceptors (Lipinski definition) is 4. The Balaban J connectivity index is 1.63. The van der Waals surface area contributed by atoms with E-state index >= 15 is 0 Å². The van der Waals surface area contributed by atoms with Crippen LogP contribution in [-0.2, 0) is 30.6 Å². The highest BCUT2D eigenvalue weighted by molar-refractivity contribution is 5.81. The van der Waals surface area contributed by atoms with Crippen molar-refractivity contribution in [2.45, 2.75) is 45.7 Å². The van der Waals surface area contributed by atoms with E-state index in [-0.39, 0.29) is 11.9 Å². The average molecular weight is 364 g/mol. The molecule has 1 aromatic carbocycles. The second-order valence-corrected chi connectivity index (χ2v) is 7.21. The highest BCUT2D eigenvalue weighted by atomic mass is 16.2. The van der Waals surface area contributed by atoms with E-state index in [1.165, 1.54) is 5.56 Å². The first kappa shape index (κ1) is 17.5. The van der Waals surface area contributed by atoms with Gasteiger partial charge in [-0.3, -0.25) is 9.89 Å². The molecule has 1 aliphatic rings. The summed E-state index contributed by atoms with van der Waals surface area (Å²) >= 11 is 0. The van der Waals surface area contributed by atoms with Gasteiger partial charge in [-0.2, -0.15) is 5.10 Å². The molecule has 3 aromatic rings. The summed E-state index contributed by atoms with van der Waals surface area (Å²) in [6.45, 7) is 4.54. The zero-order valence-electron chi connectivity index (χ0n) is 15.9. The number of hydrogen-bond donors (Lipinski definition) is 1. The summed E-state index contributed by atoms with van der Waals surface area (Å²) in [7, 11) is 1.83. The second-order valence-electron chi connectivity index (χ2n) is 7.21. The Kier molecular flexibility index (Phi) is 4.51. The fourth-order valence-corrected chi connectivity index (χ4v) is 3.85. The number of carbonyl (C=O) groups is 1. The largest absolute Gasteiger partial charge is 0.336 e. The van der Waals surface area contributed by atoms with Crippen LogP contribution in [0.1, 0.15) is 40.2 Å². The first-order valence-electron chi connectivity index (χ1n) is 9.26. The summed E-state index contributed by atoms with van der Waals surface area (Å²) in [5.74, 6) is 1.84. The Morgan fingerprint density at radius 3 is 2.63 bits per heavy atom. The van der Waals surface area contributed by atoms with E-state index in [0.29, 0.717) is 13.0 Å². The molecule has 1 N–H and O–H groups in total. The third-order valence-corrected chi connectivity index (χ3v) is 5.34. The molecule has 27 heavy (non-hydrogen) atoms. The number of aryl methyl sites for hydroxylation is 3. The van der Waals surface area contributed by atoms with Crippen LogP contribution in [0.5, 0.6) is 0 Å². The highest BCUT2D eigenvalue weighted by Gasteiger charge is 2.34. The van der Waals surface area contributed by atoms with Gasteiger partial charge >= 0.3 is 0 Å². The zero-order chi connectivity index (χ0) is 19.0. The summed E-state index contributed by atoms with van der Waals surface area (Å²) in [5, 5.41) is 16.1. The van der Waals surface area contributed by atoms with Gasteiger partial charge in [0.05, 0.1) is 12.2 Å². The highest BCUT2D eigenvalue weighted by Crippen LogP contribution is 2.26. The Morgan fingerprint density at radius 1 is 1.15 bits per heavy atom. The van der Waals surface area contributed by atoms with Crippen LogP contribution in [0, 0.1) is 13.8 Å². The summed E-state index contributed by atoms with van der Waals surface area (Å²) in [6, 6.07) is 9.82. The van der Waals surface area contributed by atoms with E-state index in [9.17, 15) is 4.79 Å². The summed E-state index contributed by atoms with van der Waals surface area (Å²) in [4.78, 5) is 14.7. The third kappa shape index (κ3) is 3.25. The van der Waals surface area contributed by atoms with Crippen LogP contribution in [0.3, 0.4) is 0 Å². The molecule has 2 aromatic heterocycles. The first-order valence-corrected chi connectivity index (χ1v) is 9.26. The van der Waals surface area contributed by atoms with Crippen LogP contribution in [0.25, 0.3) is 0 Å². The van der Waals surface area contributed by atoms with Crippen LogP contribution in [-0.4, -0.2) is 42.8 Å². The van der Waals surface area contributed by atoms with Crippen molar-refractivity contribution >= 4 is 5.91 Å². The quantitative estimate of drug-likeness (QED) is 0.752. The Morgan fingerprint density at radius 2 is 1.93 bits per heavy atom. The van der Waals surface area contributed by atoms with Crippen LogP contribution in [0.15, 0.2) is 30.3 Å². The Bertz CT molecular complexity index is 939. The van der Waals surface area contributed by atoms with Gasteiger partial charge in [-0.25, -0.2) is 0 Å². The van der Waals surface area contributed by atoms with Crippen molar-refractivity contribution in [1.29, 1.82) is 0 Å². The van der Waals surface area contributed by atoms with E-state index in [0.717, 1.165) is 41.4 Å². The number of benzene rings is 1. The molecule has 1 aliphatic heterocycles. The third-order valence-electron chi connectivity index (χ3n) is 5.34. The summed E-state index contributed by atoms with van der Waals surface area (Å²) in [5.41, 5.74) is 4.45. The molecular formula is C20H24N6O. The smallest absolute Gasteiger partial charge is 0.246 e. The summed E-state index contributed by atoms with van der Waals surface area (Å²) < 4.78 is 2.06. The minimum absolute atomic E-state index is 0.114. The van der Waals surface area contributed by atoms with Gasteiger partial charge in [0.1, 0.15) is 11.9 Å². The number of rotatable bonds is 5. The van der Waals surface area contributed by atoms with Gasteiger partial charge in [0.15, 0.2) is 5.82 Å². The van der Waals surface area contributed by atoms with Crippen LogP contribution in [0.4, 0.5) is 0 Å². The van der Waals surface area contributed by atoms with Gasteiger partial charge in [-0.1, -0.05) is 30.3 Å². The average Bonchev–Trinajstić information content (AvgIpc) is 3.21. The van der Waals surface area contributed by atoms with Gasteiger partial charge in [0.2, 0.25) is 5.91 Å². The number of aromatic amines is 1. The number of aromatic nitrogens is 5. The molecule has 0 saturated heterocycles. The monoisotopic (exact) mass is 364 g/mol. The van der Waals surface area contributed by atoms with Crippen molar-refractivity contribution in [2.24, 2.45) is 0 Å². The predicted molar refractivity (Wildman–Crippen MR) is 101 cm³/mol. The van der Waals surface area contributed by atoms with Crippen molar-refractivity contribution in [3.05, 3.63) is 64.5 Å². The molecule has 0 saturated carbocycles. The van der Waals surface area contributed by atoms with E-state index in [1.54, 1.807) is 4.90 Å². The van der Waals surface area contributed by atoms with Gasteiger partial charge in [0, 0.05) is 25.6 Å². The van der Waals surface area contributed by atoms with Crippen LogP contribution in [0.2, 0.25) is 0 Å². The maximum atomic E-state index is 12.9. The first-order chi connectivity index (χ1) is 13.0. The standard InChI is InChI=1S/C20H24N6O/c1-13-16(14(2)22-21-13)9-10-18-23-24-19-12-25(3)20(27)17(26(18)19)11-15-7-5-4-6-8-15/h4-8,17H,9-12H2,1-3H3,(H,21,22)/t17-/m1/s1. The normalized spacial score (nSPS) is 16.6. The van der Waals surface area contributed by atoms with E-state index in [1.807, 2.05) is 39.1 Å². The van der Waals surface area contributed by atoms with Crippen molar-refractivity contribution in [3.8, 4) is 0 Å². The zero-order valence-corrected chi connectivity index (χ0v) is 15.9. The van der Waals surface area contributed by atoms with Crippen molar-refractivity contribution in [2.75, 3.05) is 7.05 Å². The van der Waals surface area contributed by atoms with E-state index in [4.69, 9.17) is 0 Å². The number of carbonyl (C=O) groups excluding carboxylic acids is 1. The summed E-state index contributed by atoms with van der Waals surface area (Å²) in [6.07, 6.45) is 2.21. The Labute approximate surface area is 158 Å². The maximum absolute atomic E-state index is 12.9. The minimum Gasteiger partial charge on any atom is -0.336 e. The fourth-order valence-electron chi connectivity index (χ4n) is 3.85. The Hall–Kier alpha value is -2.96. The molecule has 0 unspecified atom stereocenters. The molecule has 7 nitrogen and oxygen atoms in total. The number of likely N-dealkylation sites (N-methyl/N-ethyl adjacent to an activating group) is 1. The molecular weight excluding hydrogens is 340 g/mol. The molecule has 4 rings (SSSR count). The predicted octanol–water partition coefficient (Wildman–Crippen LogP) is 2.16. The SMILES string of the molecule is Cc1n[nH]c(C)c1CCc1nnc2n1[C@H](Cc1ccccc1)C(=O)N(C)C2. The lowest BCUT2D eigenvalue weighted by atomic mass is 10.0. The molecule has 0 radical (unpaired) electrons. The molecule has 3 heterocycles. The van der Waals surface area contributed by atoms with Crippen molar-refractivity contribution in [3.63, 3.8) is 0 Å². The second kappa shape index (κ2) is 6.98. The lowest BCUT2D eigenvalue weighted by Gasteiger charge is -2.31. The number of nitrogens with zero attached hydrogens (tertiary/aromatic N) is 5. The maximum Gasteiger partial charge on any atom is 0.246 e. The molecule has 0 fully saturated rings. The molecule has 1 atom stereocenters. The minimum atomic E-state index is -0.294. The molecule has 7 heteroatoms. The number of nitrogens with one attached hydrogen (secondary N) is 1. The fraction of sp³-hybridized carbons (Fsp3) is 0.400. The van der Waals surface area contributed by atoms with Crippen molar-refractivity contribution in [1.82, 2.24) is 29.9 Å². The number of H-pyrrole nitrogens is 1. The molecule has 0 spiro atoms. The van der Waals surface area contributed by atoms with E-state index < -0.39 is 0 Å². The van der Waals surface area contributed by atoms with Gasteiger partial charge in [-0.15, -0.1) is 10.2 Å². The van der Waals surface area contributed by atoms with Gasteiger partial charge in [-0.05, 0) is 31.4 Å². The van der Waals surface area contributed by atoms with Gasteiger partial charge in [0.25, 0.3) is 0 Å². The lowest BCUT2D eigenvalue weighted by Crippen LogP contribution is -2.42. The molecule has 0 aliphatic carbocycles.